The molecule has 1 heterocycles. The van der Waals surface area contributed by atoms with E-state index in [-0.39, 0.29) is 0 Å². The van der Waals surface area contributed by atoms with Gasteiger partial charge in [0.25, 0.3) is 0 Å². The van der Waals surface area contributed by atoms with Crippen LogP contribution < -0.4 is 10.5 Å². The molecule has 4 aromatic rings. The van der Waals surface area contributed by atoms with Gasteiger partial charge in [0.1, 0.15) is 12.4 Å². The second kappa shape index (κ2) is 10.3. The molecule has 2 N–H and O–H groups in total. The molecule has 4 rings (SSSR count). The van der Waals surface area contributed by atoms with Gasteiger partial charge in [-0.15, -0.1) is 0 Å². The largest absolute Gasteiger partial charge is 0.487 e. The molecule has 3 aromatic carbocycles. The second-order valence-corrected chi connectivity index (χ2v) is 7.55. The summed E-state index contributed by atoms with van der Waals surface area (Å²) in [6.45, 7) is 0.333. The van der Waals surface area contributed by atoms with Crippen LogP contribution in [0.25, 0.3) is 22.0 Å². The average Bonchev–Trinajstić information content (AvgIpc) is 2.86. The first-order valence-corrected chi connectivity index (χ1v) is 10.7. The van der Waals surface area contributed by atoms with E-state index in [2.05, 4.69) is 11.1 Å². The normalized spacial score (nSPS) is 11.5. The van der Waals surface area contributed by atoms with E-state index in [0.717, 1.165) is 27.7 Å². The van der Waals surface area contributed by atoms with Crippen LogP contribution in [-0.4, -0.2) is 10.9 Å². The SMILES string of the molecule is N#CCCC(=C(C(N)=O)c1ccc(OCc2ccc3ccccc3n2)cc1)c1ccccc1. The van der Waals surface area contributed by atoms with Crippen LogP contribution in [-0.2, 0) is 11.4 Å². The molecule has 5 heteroatoms. The summed E-state index contributed by atoms with van der Waals surface area (Å²) in [5.41, 5.74) is 10.3. The van der Waals surface area contributed by atoms with E-state index in [0.29, 0.717) is 36.3 Å². The fourth-order valence-corrected chi connectivity index (χ4v) is 3.76. The van der Waals surface area contributed by atoms with Crippen molar-refractivity contribution < 1.29 is 9.53 Å². The van der Waals surface area contributed by atoms with Gasteiger partial charge in [-0.3, -0.25) is 4.79 Å². The number of carbonyl (C=O) groups excluding carboxylic acids is 1. The number of fused-ring (bicyclic) bond motifs is 1. The molecular formula is C28H23N3O2. The third-order valence-electron chi connectivity index (χ3n) is 5.34. The van der Waals surface area contributed by atoms with E-state index >= 15 is 0 Å². The average molecular weight is 434 g/mol. The molecule has 0 aliphatic heterocycles. The summed E-state index contributed by atoms with van der Waals surface area (Å²) in [4.78, 5) is 17.0. The molecule has 1 aromatic heterocycles. The highest BCUT2D eigenvalue weighted by Gasteiger charge is 2.17. The fraction of sp³-hybridized carbons (Fsp3) is 0.107. The van der Waals surface area contributed by atoms with Gasteiger partial charge >= 0.3 is 0 Å². The number of benzene rings is 3. The van der Waals surface area contributed by atoms with Crippen molar-refractivity contribution in [3.8, 4) is 11.8 Å². The number of rotatable bonds is 8. The molecule has 0 aliphatic rings. The molecule has 0 aliphatic carbocycles. The molecule has 0 radical (unpaired) electrons. The highest BCUT2D eigenvalue weighted by atomic mass is 16.5. The Hall–Kier alpha value is -4.43. The van der Waals surface area contributed by atoms with E-state index < -0.39 is 5.91 Å². The minimum Gasteiger partial charge on any atom is -0.487 e. The number of allylic oxidation sites excluding steroid dienone is 1. The number of aromatic nitrogens is 1. The van der Waals surface area contributed by atoms with Crippen LogP contribution in [0.15, 0.2) is 91.0 Å². The summed E-state index contributed by atoms with van der Waals surface area (Å²) in [5.74, 6) is 0.136. The summed E-state index contributed by atoms with van der Waals surface area (Å²) < 4.78 is 5.91. The van der Waals surface area contributed by atoms with Crippen molar-refractivity contribution in [1.29, 1.82) is 5.26 Å². The molecule has 162 valence electrons. The van der Waals surface area contributed by atoms with Crippen molar-refractivity contribution in [3.63, 3.8) is 0 Å². The quantitative estimate of drug-likeness (QED) is 0.293. The Kier molecular flexibility index (Phi) is 6.77. The molecule has 0 fully saturated rings. The van der Waals surface area contributed by atoms with Crippen molar-refractivity contribution in [2.45, 2.75) is 19.4 Å². The zero-order valence-electron chi connectivity index (χ0n) is 18.1. The van der Waals surface area contributed by atoms with Crippen LogP contribution in [0.1, 0.15) is 29.7 Å². The maximum absolute atomic E-state index is 12.4. The van der Waals surface area contributed by atoms with E-state index in [1.165, 1.54) is 0 Å². The zero-order valence-corrected chi connectivity index (χ0v) is 18.1. The minimum absolute atomic E-state index is 0.293. The predicted octanol–water partition coefficient (Wildman–Crippen LogP) is 5.51. The molecule has 1 amide bonds. The monoisotopic (exact) mass is 433 g/mol. The van der Waals surface area contributed by atoms with Crippen LogP contribution in [0.5, 0.6) is 5.75 Å². The zero-order chi connectivity index (χ0) is 23.0. The first kappa shape index (κ1) is 21.8. The molecule has 0 saturated carbocycles. The van der Waals surface area contributed by atoms with Gasteiger partial charge in [-0.05, 0) is 47.4 Å². The lowest BCUT2D eigenvalue weighted by Gasteiger charge is -2.14. The lowest BCUT2D eigenvalue weighted by molar-refractivity contribution is -0.112. The van der Waals surface area contributed by atoms with Crippen molar-refractivity contribution in [3.05, 3.63) is 108 Å². The Bertz CT molecular complexity index is 1340. The van der Waals surface area contributed by atoms with Gasteiger partial charge < -0.3 is 10.5 Å². The predicted molar refractivity (Wildman–Crippen MR) is 130 cm³/mol. The number of nitriles is 1. The van der Waals surface area contributed by atoms with Gasteiger partial charge in [-0.1, -0.05) is 66.7 Å². The number of hydrogen-bond acceptors (Lipinski definition) is 4. The summed E-state index contributed by atoms with van der Waals surface area (Å²) in [6, 6.07) is 30.9. The highest BCUT2D eigenvalue weighted by molar-refractivity contribution is 6.26. The van der Waals surface area contributed by atoms with Crippen molar-refractivity contribution in [2.24, 2.45) is 5.73 Å². The third-order valence-corrected chi connectivity index (χ3v) is 5.34. The van der Waals surface area contributed by atoms with Gasteiger partial charge in [0.15, 0.2) is 0 Å². The number of hydrogen-bond donors (Lipinski definition) is 1. The highest BCUT2D eigenvalue weighted by Crippen LogP contribution is 2.31. The van der Waals surface area contributed by atoms with Crippen molar-refractivity contribution in [1.82, 2.24) is 4.98 Å². The van der Waals surface area contributed by atoms with Gasteiger partial charge in [0.05, 0.1) is 22.9 Å². The Balaban J connectivity index is 1.58. The molecule has 0 bridgehead atoms. The van der Waals surface area contributed by atoms with E-state index in [1.807, 2.05) is 91.0 Å². The number of carbonyl (C=O) groups is 1. The molecule has 0 atom stereocenters. The van der Waals surface area contributed by atoms with Gasteiger partial charge in [-0.25, -0.2) is 4.98 Å². The first-order valence-electron chi connectivity index (χ1n) is 10.7. The lowest BCUT2D eigenvalue weighted by atomic mass is 9.91. The maximum atomic E-state index is 12.4. The van der Waals surface area contributed by atoms with E-state index in [4.69, 9.17) is 15.7 Å². The lowest BCUT2D eigenvalue weighted by Crippen LogP contribution is -2.15. The number of amides is 1. The number of ether oxygens (including phenoxy) is 1. The molecule has 5 nitrogen and oxygen atoms in total. The molecular weight excluding hydrogens is 410 g/mol. The third kappa shape index (κ3) is 5.25. The first-order chi connectivity index (χ1) is 16.2. The van der Waals surface area contributed by atoms with Crippen LogP contribution in [0, 0.1) is 11.3 Å². The minimum atomic E-state index is -0.527. The van der Waals surface area contributed by atoms with Gasteiger partial charge in [-0.2, -0.15) is 5.26 Å². The summed E-state index contributed by atoms with van der Waals surface area (Å²) >= 11 is 0. The van der Waals surface area contributed by atoms with E-state index in [1.54, 1.807) is 0 Å². The second-order valence-electron chi connectivity index (χ2n) is 7.55. The van der Waals surface area contributed by atoms with Gasteiger partial charge in [0, 0.05) is 11.8 Å². The van der Waals surface area contributed by atoms with Crippen molar-refractivity contribution >= 4 is 28.0 Å². The standard InChI is InChI=1S/C28H23N3O2/c29-18-6-10-25(20-7-2-1-3-8-20)27(28(30)32)22-13-16-24(17-14-22)33-19-23-15-12-21-9-4-5-11-26(21)31-23/h1-5,7-9,11-17H,6,10,19H2,(H2,30,32). The summed E-state index contributed by atoms with van der Waals surface area (Å²) in [5, 5.41) is 10.2. The smallest absolute Gasteiger partial charge is 0.249 e. The fourth-order valence-electron chi connectivity index (χ4n) is 3.76. The molecule has 0 unspecified atom stereocenters. The number of primary amides is 1. The van der Waals surface area contributed by atoms with Crippen LogP contribution in [0.3, 0.4) is 0 Å². The van der Waals surface area contributed by atoms with Gasteiger partial charge in [0.2, 0.25) is 5.91 Å². The number of nitrogens with zero attached hydrogens (tertiary/aromatic N) is 2. The summed E-state index contributed by atoms with van der Waals surface area (Å²) in [6.07, 6.45) is 0.728. The van der Waals surface area contributed by atoms with Crippen molar-refractivity contribution in [2.75, 3.05) is 0 Å². The molecule has 0 spiro atoms. The Morgan fingerprint density at radius 2 is 1.61 bits per heavy atom. The molecule has 0 saturated heterocycles. The number of nitrogens with two attached hydrogens (primary N) is 1. The Morgan fingerprint density at radius 3 is 2.33 bits per heavy atom. The number of para-hydroxylation sites is 1. The Labute approximate surface area is 192 Å². The topological polar surface area (TPSA) is 89.0 Å². The van der Waals surface area contributed by atoms with Crippen LogP contribution in [0.4, 0.5) is 0 Å². The van der Waals surface area contributed by atoms with Crippen LogP contribution in [0.2, 0.25) is 0 Å². The van der Waals surface area contributed by atoms with Crippen LogP contribution >= 0.6 is 0 Å². The summed E-state index contributed by atoms with van der Waals surface area (Å²) in [7, 11) is 0. The van der Waals surface area contributed by atoms with E-state index in [9.17, 15) is 4.79 Å². The Morgan fingerprint density at radius 1 is 0.879 bits per heavy atom. The maximum Gasteiger partial charge on any atom is 0.249 e. The number of pyridine rings is 1. The molecule has 33 heavy (non-hydrogen) atoms.